The van der Waals surface area contributed by atoms with E-state index in [2.05, 4.69) is 65.7 Å². The van der Waals surface area contributed by atoms with Crippen molar-refractivity contribution in [3.63, 3.8) is 0 Å². The highest BCUT2D eigenvalue weighted by atomic mass is 32.1. The number of pyridine rings is 1. The number of fused-ring (bicyclic) bond motifs is 6. The number of aryl methyl sites for hydroxylation is 1. The molecule has 1 aromatic carbocycles. The minimum atomic E-state index is -1.08. The fourth-order valence-corrected chi connectivity index (χ4v) is 10.5. The molecule has 7 heterocycles. The summed E-state index contributed by atoms with van der Waals surface area (Å²) in [6, 6.07) is 7.18. The number of cyclic esters (lactones) is 1. The van der Waals surface area contributed by atoms with Gasteiger partial charge in [0.15, 0.2) is 0 Å². The van der Waals surface area contributed by atoms with Crippen LogP contribution in [0, 0.1) is 11.3 Å². The summed E-state index contributed by atoms with van der Waals surface area (Å²) < 4.78 is 14.2. The zero-order chi connectivity index (χ0) is 47.0. The van der Waals surface area contributed by atoms with Crippen LogP contribution in [0.1, 0.15) is 76.8 Å². The number of rotatable bonds is 9. The standard InChI is InChI=1S/C48H64N10O7S/c1-9-57-38-15-14-30-22-32(38)33(42(57)31-12-10-16-49-40(31)29(4)64-8)24-48(5,6)27-65-46(62)34-13-11-17-58(53-34)45(61)35(23-39-51-37(30)26-66-39)52-43(59)41(28(2)3)54(7)47(63)56-20-18-55(19-21-56)44(60)36-25-50-36/h10,12,14-16,22,26,28-29,34-36,41,50,53H,9,11,13,17-21,23-25,27H2,1-8H3,(H,52,59)/t29-,34-,35-,36-,41?/m0/s1. The Balaban J connectivity index is 1.13. The van der Waals surface area contributed by atoms with Gasteiger partial charge in [-0.15, -0.1) is 11.3 Å². The van der Waals surface area contributed by atoms with Crippen molar-refractivity contribution in [1.29, 1.82) is 0 Å². The first kappa shape index (κ1) is 47.1. The molecule has 17 nitrogen and oxygen atoms in total. The molecule has 4 aliphatic rings. The summed E-state index contributed by atoms with van der Waals surface area (Å²) in [5.74, 6) is -1.61. The number of nitrogens with one attached hydrogen (secondary N) is 3. The van der Waals surface area contributed by atoms with E-state index in [4.69, 9.17) is 19.4 Å². The van der Waals surface area contributed by atoms with Crippen LogP contribution < -0.4 is 16.1 Å². The van der Waals surface area contributed by atoms with Crippen molar-refractivity contribution < 1.29 is 33.4 Å². The second-order valence-electron chi connectivity index (χ2n) is 19.1. The fourth-order valence-electron chi connectivity index (χ4n) is 9.66. The average Bonchev–Trinajstić information content (AvgIpc) is 3.99. The van der Waals surface area contributed by atoms with Gasteiger partial charge in [-0.1, -0.05) is 33.8 Å². The van der Waals surface area contributed by atoms with Crippen LogP contribution in [0.3, 0.4) is 0 Å². The van der Waals surface area contributed by atoms with Crippen molar-refractivity contribution in [2.24, 2.45) is 11.3 Å². The molecular formula is C48H64N10O7S. The largest absolute Gasteiger partial charge is 0.464 e. The summed E-state index contributed by atoms with van der Waals surface area (Å²) in [4.78, 5) is 84.4. The van der Waals surface area contributed by atoms with E-state index in [1.54, 1.807) is 30.2 Å². The number of likely N-dealkylation sites (N-methyl/N-ethyl adjacent to an activating group) is 1. The van der Waals surface area contributed by atoms with Crippen LogP contribution in [-0.2, 0) is 48.0 Å². The third-order valence-corrected chi connectivity index (χ3v) is 14.2. The smallest absolute Gasteiger partial charge is 0.324 e. The number of nitrogens with zero attached hydrogens (tertiary/aromatic N) is 7. The molecule has 354 valence electrons. The lowest BCUT2D eigenvalue weighted by Crippen LogP contribution is -2.63. The Morgan fingerprint density at radius 3 is 2.52 bits per heavy atom. The molecule has 6 bridgehead atoms. The van der Waals surface area contributed by atoms with Gasteiger partial charge >= 0.3 is 12.0 Å². The Morgan fingerprint density at radius 2 is 1.82 bits per heavy atom. The number of methoxy groups -OCH3 is 1. The van der Waals surface area contributed by atoms with E-state index in [1.807, 2.05) is 32.2 Å². The van der Waals surface area contributed by atoms with E-state index in [1.165, 1.54) is 21.2 Å². The molecule has 0 spiro atoms. The predicted octanol–water partition coefficient (Wildman–Crippen LogP) is 4.39. The molecule has 5 amide bonds. The van der Waals surface area contributed by atoms with E-state index >= 15 is 0 Å². The molecule has 8 rings (SSSR count). The Morgan fingerprint density at radius 1 is 1.08 bits per heavy atom. The lowest BCUT2D eigenvalue weighted by molar-refractivity contribution is -0.155. The number of aromatic nitrogens is 3. The van der Waals surface area contributed by atoms with Gasteiger partial charge in [0.2, 0.25) is 11.8 Å². The molecule has 0 aliphatic carbocycles. The first-order valence-corrected chi connectivity index (χ1v) is 24.1. The van der Waals surface area contributed by atoms with Gasteiger partial charge in [0.25, 0.3) is 5.91 Å². The fraction of sp³-hybridized carbons (Fsp3) is 0.562. The van der Waals surface area contributed by atoms with E-state index in [-0.39, 0.29) is 43.0 Å². The molecule has 0 saturated carbocycles. The van der Waals surface area contributed by atoms with Gasteiger partial charge in [-0.3, -0.25) is 29.2 Å². The Hall–Kier alpha value is -5.43. The van der Waals surface area contributed by atoms with Crippen LogP contribution in [0.5, 0.6) is 0 Å². The van der Waals surface area contributed by atoms with Gasteiger partial charge in [-0.05, 0) is 68.9 Å². The first-order chi connectivity index (χ1) is 31.6. The lowest BCUT2D eigenvalue weighted by Gasteiger charge is -2.39. The molecule has 18 heteroatoms. The van der Waals surface area contributed by atoms with Gasteiger partial charge in [-0.25, -0.2) is 15.2 Å². The minimum absolute atomic E-state index is 0.0477. The quantitative estimate of drug-likeness (QED) is 0.159. The van der Waals surface area contributed by atoms with Crippen LogP contribution in [0.15, 0.2) is 41.9 Å². The molecule has 1 unspecified atom stereocenters. The number of thiazole rings is 1. The van der Waals surface area contributed by atoms with Gasteiger partial charge in [0, 0.05) is 105 Å². The third kappa shape index (κ3) is 9.69. The average molecular weight is 925 g/mol. The van der Waals surface area contributed by atoms with Crippen LogP contribution >= 0.6 is 11.3 Å². The maximum absolute atomic E-state index is 14.6. The van der Waals surface area contributed by atoms with E-state index in [0.29, 0.717) is 70.1 Å². The number of urea groups is 1. The summed E-state index contributed by atoms with van der Waals surface area (Å²) >= 11 is 1.41. The number of amides is 5. The van der Waals surface area contributed by atoms with Crippen molar-refractivity contribution in [3.8, 4) is 22.5 Å². The lowest BCUT2D eigenvalue weighted by atomic mass is 9.84. The van der Waals surface area contributed by atoms with Crippen molar-refractivity contribution in [3.05, 3.63) is 58.2 Å². The van der Waals surface area contributed by atoms with Gasteiger partial charge in [0.05, 0.1) is 40.8 Å². The molecule has 4 aromatic rings. The van der Waals surface area contributed by atoms with Gasteiger partial charge in [-0.2, -0.15) is 0 Å². The summed E-state index contributed by atoms with van der Waals surface area (Å²) in [7, 11) is 3.29. The molecule has 0 radical (unpaired) electrons. The van der Waals surface area contributed by atoms with E-state index in [0.717, 1.165) is 44.7 Å². The van der Waals surface area contributed by atoms with Crippen LogP contribution in [0.25, 0.3) is 33.4 Å². The number of benzene rings is 1. The highest BCUT2D eigenvalue weighted by molar-refractivity contribution is 7.10. The number of carbonyl (C=O) groups excluding carboxylic acids is 5. The van der Waals surface area contributed by atoms with Crippen LogP contribution in [0.2, 0.25) is 0 Å². The Bertz CT molecular complexity index is 2470. The second-order valence-corrected chi connectivity index (χ2v) is 20.1. The molecule has 4 aliphatic heterocycles. The van der Waals surface area contributed by atoms with Gasteiger partial charge in [0.1, 0.15) is 18.1 Å². The van der Waals surface area contributed by atoms with E-state index in [9.17, 15) is 24.0 Å². The topological polar surface area (TPSA) is 193 Å². The molecule has 66 heavy (non-hydrogen) atoms. The summed E-state index contributed by atoms with van der Waals surface area (Å²) in [6.45, 7) is 15.4. The maximum Gasteiger partial charge on any atom is 0.324 e. The number of hydrogen-bond acceptors (Lipinski definition) is 12. The number of hydrogen-bond donors (Lipinski definition) is 3. The Kier molecular flexibility index (Phi) is 13.9. The number of piperazine rings is 1. The first-order valence-electron chi connectivity index (χ1n) is 23.3. The molecule has 3 aromatic heterocycles. The van der Waals surface area contributed by atoms with Crippen LogP contribution in [0.4, 0.5) is 4.79 Å². The normalized spacial score (nSPS) is 22.1. The number of carbonyl (C=O) groups is 5. The summed E-state index contributed by atoms with van der Waals surface area (Å²) in [5, 5.41) is 11.2. The predicted molar refractivity (Wildman–Crippen MR) is 251 cm³/mol. The molecule has 3 saturated heterocycles. The monoisotopic (exact) mass is 924 g/mol. The minimum Gasteiger partial charge on any atom is -0.464 e. The molecule has 3 fully saturated rings. The summed E-state index contributed by atoms with van der Waals surface area (Å²) in [6.07, 6.45) is 3.20. The van der Waals surface area contributed by atoms with Crippen molar-refractivity contribution in [1.82, 2.24) is 50.3 Å². The molecule has 5 atom stereocenters. The Labute approximate surface area is 390 Å². The number of ether oxygens (including phenoxy) is 2. The van der Waals surface area contributed by atoms with Crippen molar-refractivity contribution in [2.75, 3.05) is 60.0 Å². The van der Waals surface area contributed by atoms with Gasteiger partial charge < -0.3 is 39.4 Å². The molecule has 3 N–H and O–H groups in total. The highest BCUT2D eigenvalue weighted by Gasteiger charge is 2.40. The number of esters is 1. The second kappa shape index (κ2) is 19.4. The zero-order valence-electron chi connectivity index (χ0n) is 39.4. The zero-order valence-corrected chi connectivity index (χ0v) is 40.2. The SMILES string of the molecule is CCn1c(-c2cccnc2[C@H](C)OC)c2c3cc(ccc31)-c1csc(n1)C[C@H](NC(=O)C(C(C)C)N(C)C(=O)N1CCN(C(=O)[C@@H]3CN3)CC1)C(=O)N1CCC[C@H](N1)C(=O)OCC(C)(C)C2. The maximum atomic E-state index is 14.6. The third-order valence-electron chi connectivity index (χ3n) is 13.3. The molecular weight excluding hydrogens is 861 g/mol. The summed E-state index contributed by atoms with van der Waals surface area (Å²) in [5.41, 5.74) is 9.28. The van der Waals surface area contributed by atoms with Crippen molar-refractivity contribution >= 4 is 52.0 Å². The number of hydrazine groups is 1. The van der Waals surface area contributed by atoms with E-state index < -0.39 is 41.3 Å². The van der Waals surface area contributed by atoms with Crippen molar-refractivity contribution in [2.45, 2.75) is 104 Å². The van der Waals surface area contributed by atoms with Crippen LogP contribution in [-0.4, -0.2) is 148 Å². The highest BCUT2D eigenvalue weighted by Crippen LogP contribution is 2.42.